The molecule has 5 nitrogen and oxygen atoms in total. The Kier molecular flexibility index (Phi) is 4.44. The van der Waals surface area contributed by atoms with E-state index in [4.69, 9.17) is 0 Å². The summed E-state index contributed by atoms with van der Waals surface area (Å²) in [5.41, 5.74) is 1.27. The molecule has 2 aromatic rings. The van der Waals surface area contributed by atoms with Gasteiger partial charge >= 0.3 is 0 Å². The maximum atomic E-state index is 4.33. The number of rotatable bonds is 3. The molecule has 0 bridgehead atoms. The fourth-order valence-corrected chi connectivity index (χ4v) is 4.43. The van der Waals surface area contributed by atoms with Crippen LogP contribution in [0.3, 0.4) is 0 Å². The molecular formula is C17H22BrN5. The highest BCUT2D eigenvalue weighted by Crippen LogP contribution is 2.34. The standard InChI is InChI=1S/C17H22BrN5/c18-15-8-4-7-14(11-15)16-17-19-20-21-23(17)10-9-22(16)12-13-5-2-1-3-6-13/h4,7-8,11,13,16H,1-3,5-6,9-10,12H2. The van der Waals surface area contributed by atoms with Gasteiger partial charge in [0.25, 0.3) is 0 Å². The van der Waals surface area contributed by atoms with Crippen molar-refractivity contribution in [1.82, 2.24) is 25.1 Å². The van der Waals surface area contributed by atoms with Gasteiger partial charge in [-0.25, -0.2) is 4.68 Å². The first-order valence-corrected chi connectivity index (χ1v) is 9.36. The van der Waals surface area contributed by atoms with Crippen LogP contribution in [0.5, 0.6) is 0 Å². The van der Waals surface area contributed by atoms with E-state index in [0.717, 1.165) is 35.8 Å². The van der Waals surface area contributed by atoms with Crippen LogP contribution in [0.4, 0.5) is 0 Å². The van der Waals surface area contributed by atoms with Crippen molar-refractivity contribution in [3.8, 4) is 0 Å². The van der Waals surface area contributed by atoms with Gasteiger partial charge in [-0.1, -0.05) is 47.3 Å². The zero-order valence-corrected chi connectivity index (χ0v) is 14.8. The molecule has 1 atom stereocenters. The number of nitrogens with zero attached hydrogens (tertiary/aromatic N) is 5. The SMILES string of the molecule is Brc1cccc(C2c3nnnn3CCN2CC2CCCCC2)c1. The van der Waals surface area contributed by atoms with Crippen molar-refractivity contribution >= 4 is 15.9 Å². The van der Waals surface area contributed by atoms with E-state index in [1.165, 1.54) is 37.7 Å². The van der Waals surface area contributed by atoms with Crippen molar-refractivity contribution in [2.24, 2.45) is 5.92 Å². The first kappa shape index (κ1) is 15.3. The van der Waals surface area contributed by atoms with Crippen molar-refractivity contribution in [2.75, 3.05) is 13.1 Å². The highest BCUT2D eigenvalue weighted by molar-refractivity contribution is 9.10. The van der Waals surface area contributed by atoms with Crippen LogP contribution < -0.4 is 0 Å². The molecule has 0 radical (unpaired) electrons. The van der Waals surface area contributed by atoms with Gasteiger partial charge in [0.05, 0.1) is 12.6 Å². The number of aromatic nitrogens is 4. The van der Waals surface area contributed by atoms with E-state index in [1.807, 2.05) is 4.68 Å². The van der Waals surface area contributed by atoms with Gasteiger partial charge in [0.1, 0.15) is 0 Å². The van der Waals surface area contributed by atoms with Gasteiger partial charge in [-0.3, -0.25) is 4.90 Å². The van der Waals surface area contributed by atoms with Gasteiger partial charge in [0, 0.05) is 17.6 Å². The summed E-state index contributed by atoms with van der Waals surface area (Å²) in [5.74, 6) is 1.80. The minimum absolute atomic E-state index is 0.165. The molecule has 0 spiro atoms. The summed E-state index contributed by atoms with van der Waals surface area (Å²) in [5, 5.41) is 12.4. The molecule has 0 N–H and O–H groups in total. The van der Waals surface area contributed by atoms with Gasteiger partial charge in [-0.15, -0.1) is 5.10 Å². The lowest BCUT2D eigenvalue weighted by atomic mass is 9.88. The molecule has 0 saturated heterocycles. The molecule has 6 heteroatoms. The lowest BCUT2D eigenvalue weighted by Crippen LogP contribution is -2.42. The van der Waals surface area contributed by atoms with Crippen molar-refractivity contribution in [3.05, 3.63) is 40.1 Å². The zero-order valence-electron chi connectivity index (χ0n) is 13.2. The maximum Gasteiger partial charge on any atom is 0.173 e. The van der Waals surface area contributed by atoms with Gasteiger partial charge in [0.2, 0.25) is 0 Å². The number of tetrazole rings is 1. The second-order valence-corrected chi connectivity index (χ2v) is 7.63. The van der Waals surface area contributed by atoms with Gasteiger partial charge in [-0.2, -0.15) is 0 Å². The molecule has 1 aliphatic carbocycles. The summed E-state index contributed by atoms with van der Waals surface area (Å²) in [6.07, 6.45) is 6.92. The summed E-state index contributed by atoms with van der Waals surface area (Å²) in [4.78, 5) is 2.59. The predicted molar refractivity (Wildman–Crippen MR) is 92.0 cm³/mol. The van der Waals surface area contributed by atoms with Crippen LogP contribution in [0.25, 0.3) is 0 Å². The zero-order chi connectivity index (χ0) is 15.6. The molecule has 1 aromatic heterocycles. The number of fused-ring (bicyclic) bond motifs is 1. The molecule has 1 unspecified atom stereocenters. The minimum atomic E-state index is 0.165. The second-order valence-electron chi connectivity index (χ2n) is 6.72. The normalized spacial score (nSPS) is 22.9. The van der Waals surface area contributed by atoms with Crippen molar-refractivity contribution < 1.29 is 0 Å². The van der Waals surface area contributed by atoms with Crippen LogP contribution in [-0.2, 0) is 6.54 Å². The topological polar surface area (TPSA) is 46.8 Å². The maximum absolute atomic E-state index is 4.33. The quantitative estimate of drug-likeness (QED) is 0.824. The third-order valence-corrected chi connectivity index (χ3v) is 5.64. The van der Waals surface area contributed by atoms with Crippen LogP contribution in [0, 0.1) is 5.92 Å². The van der Waals surface area contributed by atoms with Crippen LogP contribution in [0.1, 0.15) is 49.5 Å². The first-order chi connectivity index (χ1) is 11.3. The fraction of sp³-hybridized carbons (Fsp3) is 0.588. The lowest BCUT2D eigenvalue weighted by molar-refractivity contribution is 0.132. The Hall–Kier alpha value is -1.27. The summed E-state index contributed by atoms with van der Waals surface area (Å²) < 4.78 is 3.07. The van der Waals surface area contributed by atoms with Crippen LogP contribution in [0.2, 0.25) is 0 Å². The largest absolute Gasteiger partial charge is 0.288 e. The fourth-order valence-electron chi connectivity index (χ4n) is 4.02. The third kappa shape index (κ3) is 3.19. The van der Waals surface area contributed by atoms with E-state index in [0.29, 0.717) is 0 Å². The molecule has 4 rings (SSSR count). The van der Waals surface area contributed by atoms with Gasteiger partial charge < -0.3 is 0 Å². The van der Waals surface area contributed by atoms with E-state index < -0.39 is 0 Å². The lowest BCUT2D eigenvalue weighted by Gasteiger charge is -2.38. The molecule has 1 fully saturated rings. The molecule has 23 heavy (non-hydrogen) atoms. The number of benzene rings is 1. The molecule has 122 valence electrons. The van der Waals surface area contributed by atoms with Gasteiger partial charge in [0.15, 0.2) is 5.82 Å². The summed E-state index contributed by atoms with van der Waals surface area (Å²) in [6, 6.07) is 8.72. The average Bonchev–Trinajstić information content (AvgIpc) is 3.04. The van der Waals surface area contributed by atoms with Crippen molar-refractivity contribution in [2.45, 2.75) is 44.7 Å². The first-order valence-electron chi connectivity index (χ1n) is 8.57. The Balaban J connectivity index is 1.64. The van der Waals surface area contributed by atoms with E-state index in [1.54, 1.807) is 0 Å². The smallest absolute Gasteiger partial charge is 0.173 e. The molecule has 1 aromatic carbocycles. The summed E-state index contributed by atoms with van der Waals surface area (Å²) >= 11 is 3.60. The Labute approximate surface area is 145 Å². The van der Waals surface area contributed by atoms with E-state index in [-0.39, 0.29) is 6.04 Å². The van der Waals surface area contributed by atoms with E-state index >= 15 is 0 Å². The van der Waals surface area contributed by atoms with Crippen molar-refractivity contribution in [1.29, 1.82) is 0 Å². The second kappa shape index (κ2) is 6.69. The molecule has 1 saturated carbocycles. The van der Waals surface area contributed by atoms with Crippen LogP contribution in [-0.4, -0.2) is 38.2 Å². The Morgan fingerprint density at radius 1 is 1.13 bits per heavy atom. The molecular weight excluding hydrogens is 354 g/mol. The Bertz CT molecular complexity index is 665. The van der Waals surface area contributed by atoms with Gasteiger partial charge in [-0.05, 0) is 46.9 Å². The number of hydrogen-bond donors (Lipinski definition) is 0. The van der Waals surface area contributed by atoms with Crippen molar-refractivity contribution in [3.63, 3.8) is 0 Å². The summed E-state index contributed by atoms with van der Waals surface area (Å²) in [7, 11) is 0. The molecule has 0 amide bonds. The summed E-state index contributed by atoms with van der Waals surface area (Å²) in [6.45, 7) is 3.06. The third-order valence-electron chi connectivity index (χ3n) is 5.15. The minimum Gasteiger partial charge on any atom is -0.288 e. The monoisotopic (exact) mass is 375 g/mol. The Morgan fingerprint density at radius 3 is 2.83 bits per heavy atom. The number of hydrogen-bond acceptors (Lipinski definition) is 4. The van der Waals surface area contributed by atoms with E-state index in [9.17, 15) is 0 Å². The van der Waals surface area contributed by atoms with Crippen LogP contribution >= 0.6 is 15.9 Å². The number of halogens is 1. The molecule has 1 aliphatic heterocycles. The highest BCUT2D eigenvalue weighted by atomic mass is 79.9. The average molecular weight is 376 g/mol. The predicted octanol–water partition coefficient (Wildman–Crippen LogP) is 3.42. The Morgan fingerprint density at radius 2 is 2.00 bits per heavy atom. The molecule has 2 aliphatic rings. The van der Waals surface area contributed by atoms with Crippen LogP contribution in [0.15, 0.2) is 28.7 Å². The highest BCUT2D eigenvalue weighted by Gasteiger charge is 2.33. The van der Waals surface area contributed by atoms with E-state index in [2.05, 4.69) is 60.6 Å². The molecule has 2 heterocycles.